The Hall–Kier alpha value is -3.55. The number of hydrogen-bond donors (Lipinski definition) is 2. The van der Waals surface area contributed by atoms with Gasteiger partial charge in [-0.2, -0.15) is 0 Å². The van der Waals surface area contributed by atoms with E-state index >= 15 is 0 Å². The van der Waals surface area contributed by atoms with Crippen molar-refractivity contribution in [2.24, 2.45) is 0 Å². The van der Waals surface area contributed by atoms with Gasteiger partial charge in [-0.1, -0.05) is 30.3 Å². The van der Waals surface area contributed by atoms with Gasteiger partial charge in [0.15, 0.2) is 6.61 Å². The van der Waals surface area contributed by atoms with Crippen LogP contribution in [0.3, 0.4) is 0 Å². The van der Waals surface area contributed by atoms with Crippen molar-refractivity contribution in [3.8, 4) is 11.5 Å². The first-order valence-corrected chi connectivity index (χ1v) is 9.00. The van der Waals surface area contributed by atoms with Gasteiger partial charge >= 0.3 is 5.97 Å². The van der Waals surface area contributed by atoms with Crippen molar-refractivity contribution in [3.63, 3.8) is 0 Å². The van der Waals surface area contributed by atoms with Crippen LogP contribution in [0.4, 0.5) is 5.69 Å². The van der Waals surface area contributed by atoms with E-state index in [1.54, 1.807) is 18.2 Å². The van der Waals surface area contributed by atoms with Crippen molar-refractivity contribution in [3.05, 3.63) is 54.1 Å². The maximum Gasteiger partial charge on any atom is 0.306 e. The lowest BCUT2D eigenvalue weighted by Crippen LogP contribution is -2.25. The molecule has 0 fully saturated rings. The average molecular weight is 400 g/mol. The average Bonchev–Trinajstić information content (AvgIpc) is 2.75. The van der Waals surface area contributed by atoms with Crippen molar-refractivity contribution in [1.29, 1.82) is 0 Å². The zero-order valence-electron chi connectivity index (χ0n) is 16.4. The zero-order valence-corrected chi connectivity index (χ0v) is 16.4. The number of amides is 2. The van der Waals surface area contributed by atoms with Crippen LogP contribution in [0.5, 0.6) is 11.5 Å². The molecule has 0 saturated heterocycles. The fourth-order valence-electron chi connectivity index (χ4n) is 2.42. The van der Waals surface area contributed by atoms with Crippen LogP contribution in [-0.2, 0) is 25.7 Å². The minimum absolute atomic E-state index is 0.0169. The van der Waals surface area contributed by atoms with Crippen LogP contribution in [0.15, 0.2) is 48.5 Å². The van der Waals surface area contributed by atoms with Crippen molar-refractivity contribution in [2.75, 3.05) is 26.1 Å². The summed E-state index contributed by atoms with van der Waals surface area (Å²) in [6, 6.07) is 14.4. The number of rotatable bonds is 10. The van der Waals surface area contributed by atoms with E-state index in [-0.39, 0.29) is 18.7 Å². The zero-order chi connectivity index (χ0) is 21.1. The Balaban J connectivity index is 1.70. The second-order valence-electron chi connectivity index (χ2n) is 6.04. The Labute approximate surface area is 169 Å². The molecule has 2 aromatic rings. The van der Waals surface area contributed by atoms with Crippen LogP contribution in [0.1, 0.15) is 18.4 Å². The summed E-state index contributed by atoms with van der Waals surface area (Å²) < 4.78 is 15.2. The van der Waals surface area contributed by atoms with Gasteiger partial charge in [0.1, 0.15) is 11.5 Å². The molecule has 0 aliphatic heterocycles. The van der Waals surface area contributed by atoms with Gasteiger partial charge in [-0.3, -0.25) is 14.4 Å². The highest BCUT2D eigenvalue weighted by molar-refractivity contribution is 5.94. The van der Waals surface area contributed by atoms with E-state index in [1.165, 1.54) is 14.2 Å². The molecule has 0 unspecified atom stereocenters. The number of esters is 1. The molecule has 0 bridgehead atoms. The van der Waals surface area contributed by atoms with E-state index in [9.17, 15) is 14.4 Å². The molecule has 0 aromatic heterocycles. The monoisotopic (exact) mass is 400 g/mol. The number of methoxy groups -OCH3 is 2. The SMILES string of the molecule is COc1ccc(OC)c(NC(=O)COC(=O)CCC(=O)NCc2ccccc2)c1. The number of anilines is 1. The lowest BCUT2D eigenvalue weighted by Gasteiger charge is -2.12. The third-order valence-corrected chi connectivity index (χ3v) is 3.93. The lowest BCUT2D eigenvalue weighted by atomic mass is 10.2. The van der Waals surface area contributed by atoms with Gasteiger partial charge in [0.2, 0.25) is 5.91 Å². The first-order valence-electron chi connectivity index (χ1n) is 9.00. The summed E-state index contributed by atoms with van der Waals surface area (Å²) >= 11 is 0. The third kappa shape index (κ3) is 7.53. The van der Waals surface area contributed by atoms with E-state index in [0.717, 1.165) is 5.56 Å². The number of ether oxygens (including phenoxy) is 3. The van der Waals surface area contributed by atoms with Gasteiger partial charge in [0, 0.05) is 19.0 Å². The fourth-order valence-corrected chi connectivity index (χ4v) is 2.42. The molecule has 0 aliphatic carbocycles. The largest absolute Gasteiger partial charge is 0.497 e. The molecule has 0 radical (unpaired) electrons. The normalized spacial score (nSPS) is 10.0. The van der Waals surface area contributed by atoms with Crippen molar-refractivity contribution in [1.82, 2.24) is 5.32 Å². The third-order valence-electron chi connectivity index (χ3n) is 3.93. The van der Waals surface area contributed by atoms with Gasteiger partial charge in [0.25, 0.3) is 5.91 Å². The molecular weight excluding hydrogens is 376 g/mol. The van der Waals surface area contributed by atoms with Crippen LogP contribution < -0.4 is 20.1 Å². The standard InChI is InChI=1S/C21H24N2O6/c1-27-16-8-9-18(28-2)17(12-16)23-20(25)14-29-21(26)11-10-19(24)22-13-15-6-4-3-5-7-15/h3-9,12H,10-11,13-14H2,1-2H3,(H,22,24)(H,23,25). The minimum atomic E-state index is -0.632. The second-order valence-corrected chi connectivity index (χ2v) is 6.04. The molecule has 0 spiro atoms. The van der Waals surface area contributed by atoms with Gasteiger partial charge in [-0.05, 0) is 17.7 Å². The molecule has 29 heavy (non-hydrogen) atoms. The van der Waals surface area contributed by atoms with E-state index in [1.807, 2.05) is 30.3 Å². The quantitative estimate of drug-likeness (QED) is 0.593. The Morgan fingerprint density at radius 1 is 0.897 bits per heavy atom. The molecule has 8 nitrogen and oxygen atoms in total. The van der Waals surface area contributed by atoms with Gasteiger partial charge in [-0.25, -0.2) is 0 Å². The summed E-state index contributed by atoms with van der Waals surface area (Å²) in [6.45, 7) is -0.0790. The van der Waals surface area contributed by atoms with Gasteiger partial charge in [-0.15, -0.1) is 0 Å². The summed E-state index contributed by atoms with van der Waals surface area (Å²) in [5.74, 6) is -0.442. The number of benzene rings is 2. The highest BCUT2D eigenvalue weighted by atomic mass is 16.5. The van der Waals surface area contributed by atoms with Gasteiger partial charge in [0.05, 0.1) is 26.3 Å². The van der Waals surface area contributed by atoms with E-state index in [0.29, 0.717) is 23.7 Å². The first-order chi connectivity index (χ1) is 14.0. The maximum atomic E-state index is 12.0. The van der Waals surface area contributed by atoms with Crippen molar-refractivity contribution >= 4 is 23.5 Å². The predicted molar refractivity (Wildman–Crippen MR) is 107 cm³/mol. The molecule has 2 amide bonds. The predicted octanol–water partition coefficient (Wildman–Crippen LogP) is 2.28. The molecule has 8 heteroatoms. The van der Waals surface area contributed by atoms with Crippen molar-refractivity contribution < 1.29 is 28.6 Å². The minimum Gasteiger partial charge on any atom is -0.497 e. The summed E-state index contributed by atoms with van der Waals surface area (Å²) in [5, 5.41) is 5.32. The summed E-state index contributed by atoms with van der Waals surface area (Å²) in [7, 11) is 2.98. The Morgan fingerprint density at radius 3 is 2.34 bits per heavy atom. The molecule has 154 valence electrons. The molecule has 0 aliphatic rings. The lowest BCUT2D eigenvalue weighted by molar-refractivity contribution is -0.148. The molecular formula is C21H24N2O6. The topological polar surface area (TPSA) is 103 Å². The van der Waals surface area contributed by atoms with Crippen LogP contribution in [0.25, 0.3) is 0 Å². The highest BCUT2D eigenvalue weighted by Gasteiger charge is 2.13. The van der Waals surface area contributed by atoms with Crippen LogP contribution in [-0.4, -0.2) is 38.6 Å². The number of nitrogens with one attached hydrogen (secondary N) is 2. The molecule has 0 heterocycles. The van der Waals surface area contributed by atoms with Gasteiger partial charge < -0.3 is 24.8 Å². The van der Waals surface area contributed by atoms with Crippen LogP contribution >= 0.6 is 0 Å². The molecule has 0 saturated carbocycles. The van der Waals surface area contributed by atoms with Crippen LogP contribution in [0, 0.1) is 0 Å². The fraction of sp³-hybridized carbons (Fsp3) is 0.286. The number of carbonyl (C=O) groups is 3. The Morgan fingerprint density at radius 2 is 1.66 bits per heavy atom. The molecule has 2 rings (SSSR count). The molecule has 0 atom stereocenters. The van der Waals surface area contributed by atoms with E-state index in [4.69, 9.17) is 14.2 Å². The van der Waals surface area contributed by atoms with Crippen molar-refractivity contribution in [2.45, 2.75) is 19.4 Å². The summed E-state index contributed by atoms with van der Waals surface area (Å²) in [6.07, 6.45) is -0.132. The maximum absolute atomic E-state index is 12.0. The first kappa shape index (κ1) is 21.7. The highest BCUT2D eigenvalue weighted by Crippen LogP contribution is 2.28. The van der Waals surface area contributed by atoms with E-state index in [2.05, 4.69) is 10.6 Å². The molecule has 2 N–H and O–H groups in total. The number of carbonyl (C=O) groups excluding carboxylic acids is 3. The van der Waals surface area contributed by atoms with Crippen LogP contribution in [0.2, 0.25) is 0 Å². The van der Waals surface area contributed by atoms with E-state index < -0.39 is 18.5 Å². The second kappa shape index (κ2) is 11.3. The Kier molecular flexibility index (Phi) is 8.50. The molecule has 2 aromatic carbocycles. The summed E-state index contributed by atoms with van der Waals surface area (Å²) in [5.41, 5.74) is 1.36. The Bertz CT molecular complexity index is 838. The summed E-state index contributed by atoms with van der Waals surface area (Å²) in [4.78, 5) is 35.6. The number of hydrogen-bond acceptors (Lipinski definition) is 6. The smallest absolute Gasteiger partial charge is 0.306 e.